The van der Waals surface area contributed by atoms with Gasteiger partial charge in [0.05, 0.1) is 0 Å². The van der Waals surface area contributed by atoms with E-state index in [1.54, 1.807) is 18.1 Å². The van der Waals surface area contributed by atoms with E-state index in [0.29, 0.717) is 6.04 Å². The molecule has 0 amide bonds. The first-order valence-electron chi connectivity index (χ1n) is 5.47. The van der Waals surface area contributed by atoms with Gasteiger partial charge >= 0.3 is 0 Å². The Hall–Kier alpha value is -0.550. The van der Waals surface area contributed by atoms with Crippen LogP contribution >= 0.6 is 11.8 Å². The average molecular weight is 226 g/mol. The number of aromatic nitrogens is 3. The van der Waals surface area contributed by atoms with Gasteiger partial charge in [-0.15, -0.1) is 0 Å². The Bertz CT molecular complexity index is 308. The maximum absolute atomic E-state index is 4.17. The maximum atomic E-state index is 4.17. The smallest absolute Gasteiger partial charge is 0.185 e. The zero-order chi connectivity index (χ0) is 10.7. The molecule has 0 aliphatic heterocycles. The Labute approximate surface area is 94.8 Å². The van der Waals surface area contributed by atoms with E-state index in [2.05, 4.69) is 22.3 Å². The molecule has 1 fully saturated rings. The standard InChI is InChI=1S/C10H18N4S/c1-8(9-3-4-9)11-5-6-15-10-12-7-13-14(10)2/h7-9,11H,3-6H2,1-2H3. The summed E-state index contributed by atoms with van der Waals surface area (Å²) in [7, 11) is 1.93. The average Bonchev–Trinajstić information content (AvgIpc) is 2.99. The number of hydrogen-bond acceptors (Lipinski definition) is 4. The molecule has 4 nitrogen and oxygen atoms in total. The summed E-state index contributed by atoms with van der Waals surface area (Å²) in [4.78, 5) is 4.17. The normalized spacial score (nSPS) is 18.0. The Morgan fingerprint density at radius 2 is 2.47 bits per heavy atom. The van der Waals surface area contributed by atoms with Gasteiger partial charge in [0.25, 0.3) is 0 Å². The largest absolute Gasteiger partial charge is 0.313 e. The van der Waals surface area contributed by atoms with E-state index in [-0.39, 0.29) is 0 Å². The van der Waals surface area contributed by atoms with Gasteiger partial charge < -0.3 is 5.32 Å². The Morgan fingerprint density at radius 3 is 3.07 bits per heavy atom. The molecule has 1 atom stereocenters. The van der Waals surface area contributed by atoms with Gasteiger partial charge in [0.2, 0.25) is 0 Å². The molecule has 0 bridgehead atoms. The monoisotopic (exact) mass is 226 g/mol. The fourth-order valence-electron chi connectivity index (χ4n) is 1.61. The molecule has 0 aromatic carbocycles. The third kappa shape index (κ3) is 3.21. The van der Waals surface area contributed by atoms with E-state index in [4.69, 9.17) is 0 Å². The van der Waals surface area contributed by atoms with Crippen molar-refractivity contribution in [1.29, 1.82) is 0 Å². The van der Waals surface area contributed by atoms with Crippen LogP contribution in [0.4, 0.5) is 0 Å². The summed E-state index contributed by atoms with van der Waals surface area (Å²) in [5, 5.41) is 8.58. The van der Waals surface area contributed by atoms with Crippen LogP contribution in [0.1, 0.15) is 19.8 Å². The Kier molecular flexibility index (Phi) is 3.64. The van der Waals surface area contributed by atoms with E-state index in [9.17, 15) is 0 Å². The Balaban J connectivity index is 1.60. The first kappa shape index (κ1) is 11.0. The molecular formula is C10H18N4S. The molecule has 1 aromatic rings. The molecule has 0 saturated heterocycles. The lowest BCUT2D eigenvalue weighted by atomic mass is 10.2. The maximum Gasteiger partial charge on any atom is 0.185 e. The number of aryl methyl sites for hydroxylation is 1. The van der Waals surface area contributed by atoms with Crippen LogP contribution in [0.2, 0.25) is 0 Å². The topological polar surface area (TPSA) is 42.7 Å². The van der Waals surface area contributed by atoms with Gasteiger partial charge in [-0.25, -0.2) is 9.67 Å². The minimum atomic E-state index is 0.685. The Morgan fingerprint density at radius 1 is 1.67 bits per heavy atom. The molecule has 1 aromatic heterocycles. The second-order valence-corrected chi connectivity index (χ2v) is 5.16. The highest BCUT2D eigenvalue weighted by Crippen LogP contribution is 2.32. The number of nitrogens with zero attached hydrogens (tertiary/aromatic N) is 3. The molecule has 15 heavy (non-hydrogen) atoms. The second kappa shape index (κ2) is 4.99. The first-order chi connectivity index (χ1) is 7.27. The molecule has 1 saturated carbocycles. The van der Waals surface area contributed by atoms with Crippen LogP contribution in [-0.4, -0.2) is 33.1 Å². The van der Waals surface area contributed by atoms with E-state index in [1.165, 1.54) is 12.8 Å². The summed E-state index contributed by atoms with van der Waals surface area (Å²) < 4.78 is 1.81. The quantitative estimate of drug-likeness (QED) is 0.586. The fraction of sp³-hybridized carbons (Fsp3) is 0.800. The highest BCUT2D eigenvalue weighted by molar-refractivity contribution is 7.99. The number of thioether (sulfide) groups is 1. The van der Waals surface area contributed by atoms with Crippen molar-refractivity contribution < 1.29 is 0 Å². The summed E-state index contributed by atoms with van der Waals surface area (Å²) in [5.41, 5.74) is 0. The molecular weight excluding hydrogens is 208 g/mol. The number of nitrogens with one attached hydrogen (secondary N) is 1. The van der Waals surface area contributed by atoms with E-state index < -0.39 is 0 Å². The van der Waals surface area contributed by atoms with Gasteiger partial charge in [0.15, 0.2) is 5.16 Å². The lowest BCUT2D eigenvalue weighted by Crippen LogP contribution is -2.29. The van der Waals surface area contributed by atoms with Crippen LogP contribution in [0.5, 0.6) is 0 Å². The summed E-state index contributed by atoms with van der Waals surface area (Å²) in [6, 6.07) is 0.685. The van der Waals surface area contributed by atoms with Gasteiger partial charge in [-0.2, -0.15) is 5.10 Å². The molecule has 2 rings (SSSR count). The fourth-order valence-corrected chi connectivity index (χ4v) is 2.37. The van der Waals surface area contributed by atoms with Crippen LogP contribution in [0.3, 0.4) is 0 Å². The molecule has 84 valence electrons. The molecule has 0 radical (unpaired) electrons. The number of hydrogen-bond donors (Lipinski definition) is 1. The minimum Gasteiger partial charge on any atom is -0.313 e. The van der Waals surface area contributed by atoms with Crippen molar-refractivity contribution in [2.45, 2.75) is 31.0 Å². The summed E-state index contributed by atoms with van der Waals surface area (Å²) >= 11 is 1.75. The molecule has 1 aliphatic rings. The third-order valence-corrected chi connectivity index (χ3v) is 3.83. The molecule has 0 spiro atoms. The van der Waals surface area contributed by atoms with E-state index in [1.807, 2.05) is 11.7 Å². The van der Waals surface area contributed by atoms with E-state index >= 15 is 0 Å². The van der Waals surface area contributed by atoms with Gasteiger partial charge in [0.1, 0.15) is 6.33 Å². The van der Waals surface area contributed by atoms with Crippen molar-refractivity contribution >= 4 is 11.8 Å². The summed E-state index contributed by atoms with van der Waals surface area (Å²) in [5.74, 6) is 1.99. The van der Waals surface area contributed by atoms with Crippen molar-refractivity contribution in [3.63, 3.8) is 0 Å². The van der Waals surface area contributed by atoms with Crippen molar-refractivity contribution in [2.75, 3.05) is 12.3 Å². The lowest BCUT2D eigenvalue weighted by molar-refractivity contribution is 0.514. The zero-order valence-corrected chi connectivity index (χ0v) is 10.1. The van der Waals surface area contributed by atoms with Crippen LogP contribution in [-0.2, 0) is 7.05 Å². The van der Waals surface area contributed by atoms with Crippen LogP contribution in [0.25, 0.3) is 0 Å². The van der Waals surface area contributed by atoms with Crippen molar-refractivity contribution in [1.82, 2.24) is 20.1 Å². The van der Waals surface area contributed by atoms with Crippen LogP contribution in [0, 0.1) is 5.92 Å². The van der Waals surface area contributed by atoms with Crippen molar-refractivity contribution in [2.24, 2.45) is 13.0 Å². The SMILES string of the molecule is CC(NCCSc1ncnn1C)C1CC1. The van der Waals surface area contributed by atoms with Gasteiger partial charge in [-0.3, -0.25) is 0 Å². The zero-order valence-electron chi connectivity index (χ0n) is 9.31. The van der Waals surface area contributed by atoms with Gasteiger partial charge in [0, 0.05) is 25.4 Å². The first-order valence-corrected chi connectivity index (χ1v) is 6.46. The molecule has 1 N–H and O–H groups in total. The minimum absolute atomic E-state index is 0.685. The van der Waals surface area contributed by atoms with E-state index in [0.717, 1.165) is 23.4 Å². The van der Waals surface area contributed by atoms with Crippen LogP contribution in [0.15, 0.2) is 11.5 Å². The summed E-state index contributed by atoms with van der Waals surface area (Å²) in [6.45, 7) is 3.33. The van der Waals surface area contributed by atoms with Crippen molar-refractivity contribution in [3.8, 4) is 0 Å². The summed E-state index contributed by atoms with van der Waals surface area (Å²) in [6.07, 6.45) is 4.41. The van der Waals surface area contributed by atoms with Crippen LogP contribution < -0.4 is 5.32 Å². The second-order valence-electron chi connectivity index (χ2n) is 4.09. The predicted octanol–water partition coefficient (Wildman–Crippen LogP) is 1.30. The molecule has 1 aliphatic carbocycles. The molecule has 1 heterocycles. The lowest BCUT2D eigenvalue weighted by Gasteiger charge is -2.11. The van der Waals surface area contributed by atoms with Gasteiger partial charge in [-0.1, -0.05) is 11.8 Å². The highest BCUT2D eigenvalue weighted by Gasteiger charge is 2.27. The van der Waals surface area contributed by atoms with Gasteiger partial charge in [-0.05, 0) is 25.7 Å². The molecule has 1 unspecified atom stereocenters. The van der Waals surface area contributed by atoms with Crippen molar-refractivity contribution in [3.05, 3.63) is 6.33 Å². The predicted molar refractivity (Wildman–Crippen MR) is 61.9 cm³/mol. The third-order valence-electron chi connectivity index (χ3n) is 2.80. The molecule has 5 heteroatoms. The number of rotatable bonds is 6. The highest BCUT2D eigenvalue weighted by atomic mass is 32.2.